The highest BCUT2D eigenvalue weighted by Crippen LogP contribution is 2.31. The van der Waals surface area contributed by atoms with Crippen LogP contribution in [0.1, 0.15) is 70.8 Å². The SMILES string of the molecule is CCCCC/C(=C/c1ccccc1)c1c(C)cccc1C(=O)Oc1c(C)cccc1C. The molecule has 3 aromatic carbocycles. The van der Waals surface area contributed by atoms with Crippen LogP contribution in [0.25, 0.3) is 11.6 Å². The second-order valence-electron chi connectivity index (χ2n) is 8.15. The number of hydrogen-bond acceptors (Lipinski definition) is 2. The van der Waals surface area contributed by atoms with Gasteiger partial charge in [-0.05, 0) is 73.1 Å². The van der Waals surface area contributed by atoms with Gasteiger partial charge in [-0.2, -0.15) is 0 Å². The Balaban J connectivity index is 2.04. The van der Waals surface area contributed by atoms with Gasteiger partial charge in [0.05, 0.1) is 5.56 Å². The van der Waals surface area contributed by atoms with Crippen molar-refractivity contribution >= 4 is 17.6 Å². The van der Waals surface area contributed by atoms with Gasteiger partial charge in [0.2, 0.25) is 0 Å². The van der Waals surface area contributed by atoms with Crippen molar-refractivity contribution in [3.8, 4) is 5.75 Å². The molecule has 2 nitrogen and oxygen atoms in total. The number of ether oxygens (including phenoxy) is 1. The maximum atomic E-state index is 13.3. The molecule has 0 saturated carbocycles. The lowest BCUT2D eigenvalue weighted by Gasteiger charge is -2.17. The molecule has 2 heteroatoms. The summed E-state index contributed by atoms with van der Waals surface area (Å²) in [5.41, 5.74) is 6.98. The number of carbonyl (C=O) groups is 1. The smallest absolute Gasteiger partial charge is 0.344 e. The summed E-state index contributed by atoms with van der Waals surface area (Å²) in [6.07, 6.45) is 6.56. The summed E-state index contributed by atoms with van der Waals surface area (Å²) >= 11 is 0. The lowest BCUT2D eigenvalue weighted by Crippen LogP contribution is -2.13. The van der Waals surface area contributed by atoms with E-state index in [-0.39, 0.29) is 5.97 Å². The van der Waals surface area contributed by atoms with Crippen LogP contribution in [0, 0.1) is 20.8 Å². The molecule has 0 N–H and O–H groups in total. The number of rotatable bonds is 8. The highest BCUT2D eigenvalue weighted by atomic mass is 16.5. The number of hydrogen-bond donors (Lipinski definition) is 0. The van der Waals surface area contributed by atoms with Crippen LogP contribution >= 0.6 is 0 Å². The fraction of sp³-hybridized carbons (Fsp3) is 0.276. The molecule has 0 atom stereocenters. The second kappa shape index (κ2) is 10.8. The van der Waals surface area contributed by atoms with Crippen molar-refractivity contribution in [3.63, 3.8) is 0 Å². The van der Waals surface area contributed by atoms with E-state index in [9.17, 15) is 4.79 Å². The number of benzene rings is 3. The third-order valence-electron chi connectivity index (χ3n) is 5.61. The average molecular weight is 413 g/mol. The van der Waals surface area contributed by atoms with Gasteiger partial charge in [0, 0.05) is 0 Å². The Hall–Kier alpha value is -3.13. The minimum Gasteiger partial charge on any atom is -0.422 e. The van der Waals surface area contributed by atoms with Gasteiger partial charge in [-0.25, -0.2) is 4.79 Å². The molecule has 31 heavy (non-hydrogen) atoms. The number of carbonyl (C=O) groups excluding carboxylic acids is 1. The third-order valence-corrected chi connectivity index (χ3v) is 5.61. The van der Waals surface area contributed by atoms with E-state index in [0.29, 0.717) is 11.3 Å². The molecular weight excluding hydrogens is 380 g/mol. The first-order valence-corrected chi connectivity index (χ1v) is 11.1. The van der Waals surface area contributed by atoms with Crippen LogP contribution in [-0.2, 0) is 0 Å². The number of para-hydroxylation sites is 1. The fourth-order valence-corrected chi connectivity index (χ4v) is 3.96. The normalized spacial score (nSPS) is 11.4. The van der Waals surface area contributed by atoms with Crippen LogP contribution in [0.2, 0.25) is 0 Å². The molecule has 3 rings (SSSR count). The summed E-state index contributed by atoms with van der Waals surface area (Å²) in [7, 11) is 0. The predicted molar refractivity (Wildman–Crippen MR) is 131 cm³/mol. The van der Waals surface area contributed by atoms with Gasteiger partial charge < -0.3 is 4.74 Å². The Morgan fingerprint density at radius 3 is 2.13 bits per heavy atom. The van der Waals surface area contributed by atoms with Gasteiger partial charge in [0.1, 0.15) is 5.75 Å². The molecule has 0 radical (unpaired) electrons. The molecular formula is C29H32O2. The molecule has 0 spiro atoms. The molecule has 0 bridgehead atoms. The van der Waals surface area contributed by atoms with Gasteiger partial charge >= 0.3 is 5.97 Å². The van der Waals surface area contributed by atoms with E-state index < -0.39 is 0 Å². The summed E-state index contributed by atoms with van der Waals surface area (Å²) in [6, 6.07) is 22.1. The van der Waals surface area contributed by atoms with Crippen molar-refractivity contribution in [2.75, 3.05) is 0 Å². The van der Waals surface area contributed by atoms with E-state index in [0.717, 1.165) is 47.1 Å². The van der Waals surface area contributed by atoms with Crippen LogP contribution in [0.3, 0.4) is 0 Å². The largest absolute Gasteiger partial charge is 0.422 e. The van der Waals surface area contributed by atoms with E-state index >= 15 is 0 Å². The Morgan fingerprint density at radius 1 is 0.806 bits per heavy atom. The van der Waals surface area contributed by atoms with Crippen LogP contribution < -0.4 is 4.74 Å². The third kappa shape index (κ3) is 5.73. The highest BCUT2D eigenvalue weighted by Gasteiger charge is 2.20. The topological polar surface area (TPSA) is 26.3 Å². The Kier molecular flexibility index (Phi) is 7.83. The summed E-state index contributed by atoms with van der Waals surface area (Å²) in [5, 5.41) is 0. The molecule has 0 aliphatic rings. The molecule has 0 amide bonds. The van der Waals surface area contributed by atoms with E-state index in [2.05, 4.69) is 38.1 Å². The highest BCUT2D eigenvalue weighted by molar-refractivity contribution is 5.99. The van der Waals surface area contributed by atoms with Crippen molar-refractivity contribution in [1.82, 2.24) is 0 Å². The number of aryl methyl sites for hydroxylation is 3. The minimum atomic E-state index is -0.300. The second-order valence-corrected chi connectivity index (χ2v) is 8.15. The van der Waals surface area contributed by atoms with Crippen molar-refractivity contribution in [3.05, 3.63) is 100 Å². The monoisotopic (exact) mass is 412 g/mol. The maximum Gasteiger partial charge on any atom is 0.344 e. The summed E-state index contributed by atoms with van der Waals surface area (Å²) in [4.78, 5) is 13.3. The van der Waals surface area contributed by atoms with Gasteiger partial charge in [-0.3, -0.25) is 0 Å². The maximum absolute atomic E-state index is 13.3. The standard InChI is InChI=1S/C29H32O2/c1-5-6-8-18-25(20-24-16-9-7-10-17-24)27-21(2)13-12-19-26(27)29(30)31-28-22(3)14-11-15-23(28)4/h7,9-17,19-20H,5-6,8,18H2,1-4H3/b25-20-. The first kappa shape index (κ1) is 22.6. The molecule has 160 valence electrons. The Morgan fingerprint density at radius 2 is 1.45 bits per heavy atom. The van der Waals surface area contributed by atoms with Crippen LogP contribution in [0.5, 0.6) is 5.75 Å². The molecule has 3 aromatic rings. The van der Waals surface area contributed by atoms with E-state index in [1.165, 1.54) is 12.0 Å². The number of unbranched alkanes of at least 4 members (excludes halogenated alkanes) is 2. The quantitative estimate of drug-likeness (QED) is 0.162. The van der Waals surface area contributed by atoms with Crippen LogP contribution in [-0.4, -0.2) is 5.97 Å². The fourth-order valence-electron chi connectivity index (χ4n) is 3.96. The van der Waals surface area contributed by atoms with Crippen molar-refractivity contribution in [2.24, 2.45) is 0 Å². The summed E-state index contributed by atoms with van der Waals surface area (Å²) < 4.78 is 5.92. The lowest BCUT2D eigenvalue weighted by atomic mass is 9.90. The van der Waals surface area contributed by atoms with Gasteiger partial charge in [0.15, 0.2) is 0 Å². The average Bonchev–Trinajstić information content (AvgIpc) is 2.76. The van der Waals surface area contributed by atoms with Gasteiger partial charge in [-0.1, -0.05) is 86.5 Å². The zero-order valence-electron chi connectivity index (χ0n) is 19.1. The summed E-state index contributed by atoms with van der Waals surface area (Å²) in [6.45, 7) is 8.22. The molecule has 0 fully saturated rings. The van der Waals surface area contributed by atoms with E-state index in [1.807, 2.05) is 62.4 Å². The van der Waals surface area contributed by atoms with Crippen molar-refractivity contribution < 1.29 is 9.53 Å². The Bertz CT molecular complexity index is 1040. The minimum absolute atomic E-state index is 0.300. The van der Waals surface area contributed by atoms with Gasteiger partial charge in [0.25, 0.3) is 0 Å². The Labute approximate surface area is 186 Å². The molecule has 0 unspecified atom stereocenters. The van der Waals surface area contributed by atoms with E-state index in [1.54, 1.807) is 0 Å². The lowest BCUT2D eigenvalue weighted by molar-refractivity contribution is 0.0732. The molecule has 0 saturated heterocycles. The van der Waals surface area contributed by atoms with Crippen molar-refractivity contribution in [1.29, 1.82) is 0 Å². The predicted octanol–water partition coefficient (Wildman–Crippen LogP) is 7.95. The molecule has 0 aliphatic heterocycles. The van der Waals surface area contributed by atoms with Crippen LogP contribution in [0.4, 0.5) is 0 Å². The first-order valence-electron chi connectivity index (χ1n) is 11.1. The zero-order valence-corrected chi connectivity index (χ0v) is 19.1. The first-order chi connectivity index (χ1) is 15.0. The van der Waals surface area contributed by atoms with Crippen molar-refractivity contribution in [2.45, 2.75) is 53.4 Å². The number of esters is 1. The number of allylic oxidation sites excluding steroid dienone is 1. The van der Waals surface area contributed by atoms with E-state index in [4.69, 9.17) is 4.74 Å². The molecule has 0 heterocycles. The summed E-state index contributed by atoms with van der Waals surface area (Å²) in [5.74, 6) is 0.352. The zero-order chi connectivity index (χ0) is 22.2. The molecule has 0 aliphatic carbocycles. The van der Waals surface area contributed by atoms with Gasteiger partial charge in [-0.15, -0.1) is 0 Å². The van der Waals surface area contributed by atoms with Crippen LogP contribution in [0.15, 0.2) is 66.7 Å². The molecule has 0 aromatic heterocycles.